The van der Waals surface area contributed by atoms with Gasteiger partial charge in [0, 0.05) is 12.7 Å². The molecule has 0 unspecified atom stereocenters. The highest BCUT2D eigenvalue weighted by atomic mass is 16.1. The third-order valence-corrected chi connectivity index (χ3v) is 2.86. The highest BCUT2D eigenvalue weighted by Crippen LogP contribution is 2.15. The van der Waals surface area contributed by atoms with Crippen LogP contribution >= 0.6 is 0 Å². The fraction of sp³-hybridized carbons (Fsp3) is 0.600. The molecule has 1 amide bonds. The Bertz CT molecular complexity index is 322. The number of hydrogen-bond acceptors (Lipinski definition) is 3. The minimum absolute atomic E-state index is 0.105. The molecular formula is C10H16N4O. The molecule has 1 aromatic rings. The minimum Gasteiger partial charge on any atom is -0.350 e. The lowest BCUT2D eigenvalue weighted by Crippen LogP contribution is -2.33. The van der Waals surface area contributed by atoms with Gasteiger partial charge in [-0.2, -0.15) is 0 Å². The van der Waals surface area contributed by atoms with E-state index in [0.29, 0.717) is 12.5 Å². The molecule has 0 spiro atoms. The summed E-state index contributed by atoms with van der Waals surface area (Å²) in [6.07, 6.45) is 3.33. The second kappa shape index (κ2) is 4.44. The Kier molecular flexibility index (Phi) is 3.01. The van der Waals surface area contributed by atoms with E-state index in [-0.39, 0.29) is 11.8 Å². The zero-order valence-electron chi connectivity index (χ0n) is 8.79. The second-order valence-corrected chi connectivity index (χ2v) is 4.04. The molecule has 15 heavy (non-hydrogen) atoms. The van der Waals surface area contributed by atoms with Gasteiger partial charge in [-0.05, 0) is 12.5 Å². The van der Waals surface area contributed by atoms with Crippen LogP contribution in [0.3, 0.4) is 0 Å². The molecule has 0 aromatic carbocycles. The summed E-state index contributed by atoms with van der Waals surface area (Å²) in [5.74, 6) is 0.654. The number of aromatic nitrogens is 2. The first-order valence-corrected chi connectivity index (χ1v) is 5.23. The van der Waals surface area contributed by atoms with Crippen molar-refractivity contribution in [1.29, 1.82) is 0 Å². The van der Waals surface area contributed by atoms with Crippen LogP contribution in [0.15, 0.2) is 12.5 Å². The smallest absolute Gasteiger partial charge is 0.225 e. The zero-order chi connectivity index (χ0) is 10.7. The average Bonchev–Trinajstić information content (AvgIpc) is 2.84. The molecule has 5 nitrogen and oxygen atoms in total. The molecule has 1 fully saturated rings. The maximum atomic E-state index is 11.8. The fourth-order valence-corrected chi connectivity index (χ4v) is 1.86. The van der Waals surface area contributed by atoms with Crippen LogP contribution in [0.1, 0.15) is 12.6 Å². The third-order valence-electron chi connectivity index (χ3n) is 2.86. The van der Waals surface area contributed by atoms with Gasteiger partial charge in [0.15, 0.2) is 0 Å². The second-order valence-electron chi connectivity index (χ2n) is 4.04. The number of rotatable bonds is 3. The van der Waals surface area contributed by atoms with E-state index >= 15 is 0 Å². The van der Waals surface area contributed by atoms with Crippen LogP contribution in [0.4, 0.5) is 0 Å². The van der Waals surface area contributed by atoms with Crippen molar-refractivity contribution in [3.8, 4) is 0 Å². The van der Waals surface area contributed by atoms with E-state index in [2.05, 4.69) is 27.5 Å². The summed E-state index contributed by atoms with van der Waals surface area (Å²) in [4.78, 5) is 18.6. The molecule has 0 aliphatic carbocycles. The quantitative estimate of drug-likeness (QED) is 0.648. The summed E-state index contributed by atoms with van der Waals surface area (Å²) in [5, 5.41) is 6.12. The first-order valence-electron chi connectivity index (χ1n) is 5.23. The lowest BCUT2D eigenvalue weighted by atomic mass is 9.97. The van der Waals surface area contributed by atoms with Crippen LogP contribution < -0.4 is 10.6 Å². The molecule has 1 aromatic heterocycles. The Labute approximate surface area is 88.7 Å². The standard InChI is InChI=1S/C10H16N4O/c1-7-2-11-5-9(7)10(15)13-4-8-3-12-6-14-8/h3,6-7,9,11H,2,4-5H2,1H3,(H,12,14)(H,13,15)/t7-,9-/m1/s1. The number of hydrogen-bond donors (Lipinski definition) is 3. The van der Waals surface area contributed by atoms with Crippen molar-refractivity contribution in [2.75, 3.05) is 13.1 Å². The summed E-state index contributed by atoms with van der Waals surface area (Å²) >= 11 is 0. The van der Waals surface area contributed by atoms with Gasteiger partial charge in [0.2, 0.25) is 5.91 Å². The van der Waals surface area contributed by atoms with Gasteiger partial charge < -0.3 is 15.6 Å². The van der Waals surface area contributed by atoms with Crippen molar-refractivity contribution in [2.24, 2.45) is 11.8 Å². The lowest BCUT2D eigenvalue weighted by molar-refractivity contribution is -0.125. The van der Waals surface area contributed by atoms with Gasteiger partial charge in [-0.1, -0.05) is 6.92 Å². The number of carbonyl (C=O) groups excluding carboxylic acids is 1. The maximum absolute atomic E-state index is 11.8. The number of imidazole rings is 1. The van der Waals surface area contributed by atoms with E-state index in [9.17, 15) is 4.79 Å². The summed E-state index contributed by atoms with van der Waals surface area (Å²) < 4.78 is 0. The van der Waals surface area contributed by atoms with Crippen molar-refractivity contribution < 1.29 is 4.79 Å². The predicted molar refractivity (Wildman–Crippen MR) is 56.0 cm³/mol. The van der Waals surface area contributed by atoms with Crippen molar-refractivity contribution in [3.63, 3.8) is 0 Å². The minimum atomic E-state index is 0.105. The van der Waals surface area contributed by atoms with Crippen LogP contribution in [-0.2, 0) is 11.3 Å². The first kappa shape index (κ1) is 10.2. The number of aromatic amines is 1. The number of carbonyl (C=O) groups is 1. The summed E-state index contributed by atoms with van der Waals surface area (Å²) in [6.45, 7) is 4.35. The molecule has 1 saturated heterocycles. The SMILES string of the molecule is C[C@@H]1CNC[C@H]1C(=O)NCc1cnc[nH]1. The normalized spacial score (nSPS) is 25.4. The summed E-state index contributed by atoms with van der Waals surface area (Å²) in [5.41, 5.74) is 0.932. The van der Waals surface area contributed by atoms with E-state index in [1.807, 2.05) is 0 Å². The van der Waals surface area contributed by atoms with Crippen LogP contribution in [-0.4, -0.2) is 29.0 Å². The zero-order valence-corrected chi connectivity index (χ0v) is 8.79. The molecule has 1 aliphatic rings. The Balaban J connectivity index is 1.82. The molecule has 2 atom stereocenters. The van der Waals surface area contributed by atoms with E-state index in [0.717, 1.165) is 18.8 Å². The largest absolute Gasteiger partial charge is 0.350 e. The number of nitrogens with zero attached hydrogens (tertiary/aromatic N) is 1. The molecule has 2 heterocycles. The van der Waals surface area contributed by atoms with Crippen molar-refractivity contribution in [3.05, 3.63) is 18.2 Å². The maximum Gasteiger partial charge on any atom is 0.225 e. The average molecular weight is 208 g/mol. The molecule has 3 N–H and O–H groups in total. The van der Waals surface area contributed by atoms with Gasteiger partial charge in [-0.3, -0.25) is 4.79 Å². The van der Waals surface area contributed by atoms with Gasteiger partial charge >= 0.3 is 0 Å². The molecule has 0 radical (unpaired) electrons. The molecular weight excluding hydrogens is 192 g/mol. The van der Waals surface area contributed by atoms with Crippen LogP contribution in [0.5, 0.6) is 0 Å². The highest BCUT2D eigenvalue weighted by molar-refractivity contribution is 5.79. The van der Waals surface area contributed by atoms with Crippen LogP contribution in [0.2, 0.25) is 0 Å². The van der Waals surface area contributed by atoms with Gasteiger partial charge in [0.05, 0.1) is 24.5 Å². The summed E-state index contributed by atoms with van der Waals surface area (Å²) in [7, 11) is 0. The number of nitrogens with one attached hydrogen (secondary N) is 3. The Morgan fingerprint density at radius 3 is 3.13 bits per heavy atom. The van der Waals surface area contributed by atoms with Gasteiger partial charge in [-0.15, -0.1) is 0 Å². The highest BCUT2D eigenvalue weighted by Gasteiger charge is 2.29. The molecule has 2 rings (SSSR count). The van der Waals surface area contributed by atoms with Crippen LogP contribution in [0, 0.1) is 11.8 Å². The topological polar surface area (TPSA) is 69.8 Å². The van der Waals surface area contributed by atoms with Gasteiger partial charge in [0.25, 0.3) is 0 Å². The molecule has 0 bridgehead atoms. The Hall–Kier alpha value is -1.36. The number of H-pyrrole nitrogens is 1. The molecule has 0 saturated carbocycles. The van der Waals surface area contributed by atoms with E-state index in [4.69, 9.17) is 0 Å². The third kappa shape index (κ3) is 2.36. The molecule has 5 heteroatoms. The fourth-order valence-electron chi connectivity index (χ4n) is 1.86. The lowest BCUT2D eigenvalue weighted by Gasteiger charge is -2.13. The first-order chi connectivity index (χ1) is 7.27. The predicted octanol–water partition coefficient (Wildman–Crippen LogP) is -0.119. The Morgan fingerprint density at radius 1 is 1.67 bits per heavy atom. The van der Waals surface area contributed by atoms with E-state index < -0.39 is 0 Å². The van der Waals surface area contributed by atoms with Crippen molar-refractivity contribution >= 4 is 5.91 Å². The molecule has 1 aliphatic heterocycles. The van der Waals surface area contributed by atoms with Crippen LogP contribution in [0.25, 0.3) is 0 Å². The Morgan fingerprint density at radius 2 is 2.53 bits per heavy atom. The van der Waals surface area contributed by atoms with E-state index in [1.165, 1.54) is 0 Å². The van der Waals surface area contributed by atoms with Crippen molar-refractivity contribution in [1.82, 2.24) is 20.6 Å². The summed E-state index contributed by atoms with van der Waals surface area (Å²) in [6, 6.07) is 0. The molecule has 82 valence electrons. The number of amides is 1. The van der Waals surface area contributed by atoms with Crippen molar-refractivity contribution in [2.45, 2.75) is 13.5 Å². The van der Waals surface area contributed by atoms with E-state index in [1.54, 1.807) is 12.5 Å². The monoisotopic (exact) mass is 208 g/mol. The van der Waals surface area contributed by atoms with Gasteiger partial charge in [0.1, 0.15) is 0 Å². The van der Waals surface area contributed by atoms with Gasteiger partial charge in [-0.25, -0.2) is 4.98 Å².